The summed E-state index contributed by atoms with van der Waals surface area (Å²) in [6.45, 7) is 6.07. The molecule has 0 atom stereocenters. The fraction of sp³-hybridized carbons (Fsp3) is 0.462. The second kappa shape index (κ2) is 5.96. The third-order valence-corrected chi connectivity index (χ3v) is 5.57. The predicted molar refractivity (Wildman–Crippen MR) is 77.7 cm³/mol. The SMILES string of the molecule is CC(C)(C)SCCS(=O)(=O)c1cccc(C(=O)O)c1. The molecule has 1 aromatic carbocycles. The van der Waals surface area contributed by atoms with Gasteiger partial charge < -0.3 is 5.11 Å². The molecule has 0 saturated heterocycles. The number of carboxylic acid groups (broad SMARTS) is 1. The lowest BCUT2D eigenvalue weighted by atomic mass is 10.2. The van der Waals surface area contributed by atoms with E-state index in [0.29, 0.717) is 5.75 Å². The molecule has 1 rings (SSSR count). The Kier molecular flexibility index (Phi) is 5.04. The lowest BCUT2D eigenvalue weighted by Crippen LogP contribution is -2.15. The first-order valence-corrected chi connectivity index (χ1v) is 8.46. The zero-order chi connectivity index (χ0) is 14.7. The molecule has 6 heteroatoms. The minimum Gasteiger partial charge on any atom is -0.478 e. The van der Waals surface area contributed by atoms with E-state index in [1.54, 1.807) is 11.8 Å². The topological polar surface area (TPSA) is 71.4 Å². The van der Waals surface area contributed by atoms with Gasteiger partial charge in [0.05, 0.1) is 16.2 Å². The number of carboxylic acids is 1. The van der Waals surface area contributed by atoms with Crippen molar-refractivity contribution in [1.82, 2.24) is 0 Å². The predicted octanol–water partition coefficient (Wildman–Crippen LogP) is 2.69. The van der Waals surface area contributed by atoms with Gasteiger partial charge in [-0.05, 0) is 18.2 Å². The highest BCUT2D eigenvalue weighted by Gasteiger charge is 2.18. The summed E-state index contributed by atoms with van der Waals surface area (Å²) >= 11 is 1.57. The van der Waals surface area contributed by atoms with E-state index in [1.807, 2.05) is 20.8 Å². The van der Waals surface area contributed by atoms with Crippen molar-refractivity contribution in [3.63, 3.8) is 0 Å². The Labute approximate surface area is 118 Å². The molecule has 1 aromatic rings. The number of aromatic carboxylic acids is 1. The summed E-state index contributed by atoms with van der Waals surface area (Å²) in [6.07, 6.45) is 0. The van der Waals surface area contributed by atoms with Gasteiger partial charge in [-0.15, -0.1) is 0 Å². The molecular formula is C13H18O4S2. The molecule has 1 N–H and O–H groups in total. The molecular weight excluding hydrogens is 284 g/mol. The van der Waals surface area contributed by atoms with Crippen LogP contribution in [-0.2, 0) is 9.84 Å². The Morgan fingerprint density at radius 3 is 2.47 bits per heavy atom. The van der Waals surface area contributed by atoms with Crippen LogP contribution in [0.15, 0.2) is 29.2 Å². The van der Waals surface area contributed by atoms with Crippen molar-refractivity contribution < 1.29 is 18.3 Å². The normalized spacial score (nSPS) is 12.4. The van der Waals surface area contributed by atoms with Crippen LogP contribution in [-0.4, -0.2) is 35.7 Å². The lowest BCUT2D eigenvalue weighted by molar-refractivity contribution is 0.0696. The first-order valence-electron chi connectivity index (χ1n) is 5.82. The van der Waals surface area contributed by atoms with Gasteiger partial charge >= 0.3 is 5.97 Å². The largest absolute Gasteiger partial charge is 0.478 e. The van der Waals surface area contributed by atoms with Gasteiger partial charge in [-0.25, -0.2) is 13.2 Å². The summed E-state index contributed by atoms with van der Waals surface area (Å²) in [5.74, 6) is -0.623. The molecule has 0 unspecified atom stereocenters. The van der Waals surface area contributed by atoms with Crippen molar-refractivity contribution in [1.29, 1.82) is 0 Å². The van der Waals surface area contributed by atoms with Crippen LogP contribution in [0.5, 0.6) is 0 Å². The van der Waals surface area contributed by atoms with E-state index < -0.39 is 15.8 Å². The van der Waals surface area contributed by atoms with Crippen molar-refractivity contribution in [3.8, 4) is 0 Å². The second-order valence-electron chi connectivity index (χ2n) is 5.11. The first kappa shape index (κ1) is 16.0. The quantitative estimate of drug-likeness (QED) is 0.905. The van der Waals surface area contributed by atoms with Gasteiger partial charge in [0.15, 0.2) is 9.84 Å². The third kappa shape index (κ3) is 5.24. The maximum Gasteiger partial charge on any atom is 0.335 e. The average Bonchev–Trinajstić information content (AvgIpc) is 2.27. The van der Waals surface area contributed by atoms with E-state index in [0.717, 1.165) is 0 Å². The minimum absolute atomic E-state index is 0.00968. The number of sulfone groups is 1. The second-order valence-corrected chi connectivity index (χ2v) is 9.14. The standard InChI is InChI=1S/C13H18O4S2/c1-13(2,3)18-7-8-19(16,17)11-6-4-5-10(9-11)12(14)15/h4-6,9H,7-8H2,1-3H3,(H,14,15). The zero-order valence-corrected chi connectivity index (χ0v) is 12.8. The monoisotopic (exact) mass is 302 g/mol. The summed E-state index contributed by atoms with van der Waals surface area (Å²) in [5, 5.41) is 8.86. The van der Waals surface area contributed by atoms with Gasteiger partial charge in [0.25, 0.3) is 0 Å². The van der Waals surface area contributed by atoms with Crippen LogP contribution in [0.25, 0.3) is 0 Å². The molecule has 0 spiro atoms. The van der Waals surface area contributed by atoms with Crippen LogP contribution in [0.1, 0.15) is 31.1 Å². The highest BCUT2D eigenvalue weighted by atomic mass is 32.2. The Bertz CT molecular complexity index is 556. The number of benzene rings is 1. The van der Waals surface area contributed by atoms with Crippen LogP contribution in [0.3, 0.4) is 0 Å². The maximum atomic E-state index is 12.1. The van der Waals surface area contributed by atoms with Gasteiger partial charge in [0.2, 0.25) is 0 Å². The Morgan fingerprint density at radius 1 is 1.32 bits per heavy atom. The minimum atomic E-state index is -3.42. The van der Waals surface area contributed by atoms with Crippen molar-refractivity contribution >= 4 is 27.6 Å². The summed E-state index contributed by atoms with van der Waals surface area (Å²) in [6, 6.07) is 5.47. The van der Waals surface area contributed by atoms with Gasteiger partial charge in [-0.2, -0.15) is 11.8 Å². The Balaban J connectivity index is 2.83. The number of rotatable bonds is 5. The van der Waals surface area contributed by atoms with E-state index in [2.05, 4.69) is 0 Å². The molecule has 0 saturated carbocycles. The van der Waals surface area contributed by atoms with Crippen LogP contribution >= 0.6 is 11.8 Å². The van der Waals surface area contributed by atoms with E-state index in [-0.39, 0.29) is 21.0 Å². The third-order valence-electron chi connectivity index (χ3n) is 2.33. The van der Waals surface area contributed by atoms with Crippen molar-refractivity contribution in [3.05, 3.63) is 29.8 Å². The first-order chi connectivity index (χ1) is 8.62. The molecule has 0 radical (unpaired) electrons. The molecule has 0 fully saturated rings. The molecule has 0 aliphatic carbocycles. The zero-order valence-electron chi connectivity index (χ0n) is 11.2. The van der Waals surface area contributed by atoms with Crippen LogP contribution in [0, 0.1) is 0 Å². The van der Waals surface area contributed by atoms with Gasteiger partial charge in [0.1, 0.15) is 0 Å². The van der Waals surface area contributed by atoms with E-state index in [9.17, 15) is 13.2 Å². The van der Waals surface area contributed by atoms with Crippen molar-refractivity contribution in [2.75, 3.05) is 11.5 Å². The smallest absolute Gasteiger partial charge is 0.335 e. The molecule has 106 valence electrons. The molecule has 0 aliphatic heterocycles. The highest BCUT2D eigenvalue weighted by molar-refractivity contribution is 8.01. The maximum absolute atomic E-state index is 12.1. The number of hydrogen-bond donors (Lipinski definition) is 1. The van der Waals surface area contributed by atoms with Crippen LogP contribution < -0.4 is 0 Å². The lowest BCUT2D eigenvalue weighted by Gasteiger charge is -2.17. The molecule has 0 bridgehead atoms. The van der Waals surface area contributed by atoms with Gasteiger partial charge in [0, 0.05) is 10.5 Å². The fourth-order valence-electron chi connectivity index (χ4n) is 1.40. The summed E-state index contributed by atoms with van der Waals surface area (Å²) < 4.78 is 24.2. The highest BCUT2D eigenvalue weighted by Crippen LogP contribution is 2.24. The van der Waals surface area contributed by atoms with Gasteiger partial charge in [-0.3, -0.25) is 0 Å². The van der Waals surface area contributed by atoms with Crippen molar-refractivity contribution in [2.24, 2.45) is 0 Å². The molecule has 0 amide bonds. The average molecular weight is 302 g/mol. The van der Waals surface area contributed by atoms with Crippen LogP contribution in [0.2, 0.25) is 0 Å². The molecule has 19 heavy (non-hydrogen) atoms. The van der Waals surface area contributed by atoms with E-state index in [4.69, 9.17) is 5.11 Å². The van der Waals surface area contributed by atoms with E-state index >= 15 is 0 Å². The summed E-state index contributed by atoms with van der Waals surface area (Å²) in [5.41, 5.74) is -0.00968. The molecule has 0 aromatic heterocycles. The summed E-state index contributed by atoms with van der Waals surface area (Å²) in [7, 11) is -3.42. The molecule has 4 nitrogen and oxygen atoms in total. The number of thioether (sulfide) groups is 1. The summed E-state index contributed by atoms with van der Waals surface area (Å²) in [4.78, 5) is 10.9. The van der Waals surface area contributed by atoms with E-state index in [1.165, 1.54) is 24.3 Å². The van der Waals surface area contributed by atoms with Crippen molar-refractivity contribution in [2.45, 2.75) is 30.4 Å². The fourth-order valence-corrected chi connectivity index (χ4v) is 4.05. The number of carbonyl (C=O) groups is 1. The Morgan fingerprint density at radius 2 is 1.95 bits per heavy atom. The van der Waals surface area contributed by atoms with Crippen LogP contribution in [0.4, 0.5) is 0 Å². The molecule has 0 aliphatic rings. The molecule has 0 heterocycles. The van der Waals surface area contributed by atoms with Gasteiger partial charge in [-0.1, -0.05) is 26.8 Å². The Hall–Kier alpha value is -1.01. The number of hydrogen-bond acceptors (Lipinski definition) is 4.